The molecule has 1 amide bonds. The van der Waals surface area contributed by atoms with Crippen LogP contribution in [0.25, 0.3) is 0 Å². The van der Waals surface area contributed by atoms with Gasteiger partial charge in [0.1, 0.15) is 0 Å². The van der Waals surface area contributed by atoms with E-state index in [4.69, 9.17) is 11.6 Å². The van der Waals surface area contributed by atoms with E-state index in [2.05, 4.69) is 15.6 Å². The summed E-state index contributed by atoms with van der Waals surface area (Å²) in [6.07, 6.45) is 1.58. The summed E-state index contributed by atoms with van der Waals surface area (Å²) >= 11 is 6.14. The summed E-state index contributed by atoms with van der Waals surface area (Å²) in [5, 5.41) is 6.56. The molecule has 0 atom stereocenters. The number of halogens is 1. The molecule has 0 fully saturated rings. The highest BCUT2D eigenvalue weighted by molar-refractivity contribution is 6.34. The number of para-hydroxylation sites is 1. The number of hydrogen-bond donors (Lipinski definition) is 2. The van der Waals surface area contributed by atoms with E-state index in [0.29, 0.717) is 16.3 Å². The summed E-state index contributed by atoms with van der Waals surface area (Å²) in [5.41, 5.74) is 3.68. The first-order chi connectivity index (χ1) is 10.0. The van der Waals surface area contributed by atoms with Gasteiger partial charge in [-0.2, -0.15) is 0 Å². The lowest BCUT2D eigenvalue weighted by Gasteiger charge is -2.13. The number of anilines is 2. The minimum absolute atomic E-state index is 0.227. The third kappa shape index (κ3) is 3.52. The summed E-state index contributed by atoms with van der Waals surface area (Å²) in [6.45, 7) is 6.51. The largest absolute Gasteiger partial charge is 0.385 e. The molecule has 110 valence electrons. The second-order valence-electron chi connectivity index (χ2n) is 4.79. The first-order valence-electron chi connectivity index (χ1n) is 6.80. The zero-order valence-corrected chi connectivity index (χ0v) is 13.1. The number of benzene rings is 1. The highest BCUT2D eigenvalue weighted by atomic mass is 35.5. The molecule has 0 radical (unpaired) electrons. The van der Waals surface area contributed by atoms with Gasteiger partial charge in [-0.25, -0.2) is 0 Å². The van der Waals surface area contributed by atoms with Crippen LogP contribution in [-0.4, -0.2) is 17.4 Å². The number of rotatable bonds is 4. The number of carbonyl (C=O) groups excluding carboxylic acids is 1. The Balaban J connectivity index is 2.32. The van der Waals surface area contributed by atoms with Crippen LogP contribution in [0.15, 0.2) is 30.5 Å². The molecular weight excluding hydrogens is 286 g/mol. The Labute approximate surface area is 129 Å². The lowest BCUT2D eigenvalue weighted by molar-refractivity contribution is 0.102. The fraction of sp³-hybridized carbons (Fsp3) is 0.250. The highest BCUT2D eigenvalue weighted by Crippen LogP contribution is 2.26. The van der Waals surface area contributed by atoms with E-state index in [1.807, 2.05) is 39.0 Å². The topological polar surface area (TPSA) is 54.0 Å². The Morgan fingerprint density at radius 1 is 1.33 bits per heavy atom. The second kappa shape index (κ2) is 6.59. The normalized spacial score (nSPS) is 10.3. The van der Waals surface area contributed by atoms with Gasteiger partial charge in [0.25, 0.3) is 5.91 Å². The van der Waals surface area contributed by atoms with Crippen molar-refractivity contribution in [3.63, 3.8) is 0 Å². The molecule has 4 nitrogen and oxygen atoms in total. The Kier molecular flexibility index (Phi) is 4.81. The molecule has 0 spiro atoms. The Bertz CT molecular complexity index is 650. The lowest BCUT2D eigenvalue weighted by Crippen LogP contribution is -2.16. The molecule has 2 N–H and O–H groups in total. The SMILES string of the molecule is CCNc1cc(C)ncc1C(=O)Nc1c(C)cccc1Cl. The van der Waals surface area contributed by atoms with Crippen LogP contribution in [0, 0.1) is 13.8 Å². The predicted octanol–water partition coefficient (Wildman–Crippen LogP) is 4.04. The van der Waals surface area contributed by atoms with Gasteiger partial charge in [0.2, 0.25) is 0 Å². The van der Waals surface area contributed by atoms with Gasteiger partial charge in [0.15, 0.2) is 0 Å². The molecule has 5 heteroatoms. The quantitative estimate of drug-likeness (QED) is 0.896. The number of nitrogens with one attached hydrogen (secondary N) is 2. The molecular formula is C16H18ClN3O. The van der Waals surface area contributed by atoms with Crippen molar-refractivity contribution in [3.8, 4) is 0 Å². The van der Waals surface area contributed by atoms with Crippen LogP contribution in [0.4, 0.5) is 11.4 Å². The van der Waals surface area contributed by atoms with Gasteiger partial charge in [-0.1, -0.05) is 23.7 Å². The molecule has 1 heterocycles. The monoisotopic (exact) mass is 303 g/mol. The number of nitrogens with zero attached hydrogens (tertiary/aromatic N) is 1. The van der Waals surface area contributed by atoms with Crippen LogP contribution < -0.4 is 10.6 Å². The maximum absolute atomic E-state index is 12.5. The van der Waals surface area contributed by atoms with E-state index >= 15 is 0 Å². The number of amides is 1. The van der Waals surface area contributed by atoms with Gasteiger partial charge in [0, 0.05) is 18.4 Å². The van der Waals surface area contributed by atoms with E-state index < -0.39 is 0 Å². The van der Waals surface area contributed by atoms with Crippen molar-refractivity contribution in [2.75, 3.05) is 17.2 Å². The van der Waals surface area contributed by atoms with Crippen molar-refractivity contribution in [2.24, 2.45) is 0 Å². The molecule has 0 aliphatic carbocycles. The zero-order valence-electron chi connectivity index (χ0n) is 12.3. The van der Waals surface area contributed by atoms with E-state index in [1.165, 1.54) is 0 Å². The maximum atomic E-state index is 12.5. The van der Waals surface area contributed by atoms with Gasteiger partial charge in [-0.3, -0.25) is 9.78 Å². The standard InChI is InChI=1S/C16H18ClN3O/c1-4-18-14-8-11(3)19-9-12(14)16(21)20-15-10(2)6-5-7-13(15)17/h5-9H,4H2,1-3H3,(H,18,19)(H,20,21). The van der Waals surface area contributed by atoms with Crippen LogP contribution in [0.3, 0.4) is 0 Å². The minimum atomic E-state index is -0.227. The van der Waals surface area contributed by atoms with Crippen LogP contribution >= 0.6 is 11.6 Å². The smallest absolute Gasteiger partial charge is 0.259 e. The highest BCUT2D eigenvalue weighted by Gasteiger charge is 2.14. The first kappa shape index (κ1) is 15.3. The van der Waals surface area contributed by atoms with E-state index in [9.17, 15) is 4.79 Å². The molecule has 0 bridgehead atoms. The van der Waals surface area contributed by atoms with Gasteiger partial charge >= 0.3 is 0 Å². The van der Waals surface area contributed by atoms with Gasteiger partial charge in [-0.05, 0) is 38.5 Å². The number of carbonyl (C=O) groups is 1. The number of aromatic nitrogens is 1. The first-order valence-corrected chi connectivity index (χ1v) is 7.17. The summed E-state index contributed by atoms with van der Waals surface area (Å²) in [7, 11) is 0. The van der Waals surface area contributed by atoms with Crippen molar-refractivity contribution >= 4 is 28.9 Å². The molecule has 1 aromatic carbocycles. The lowest BCUT2D eigenvalue weighted by atomic mass is 10.1. The average Bonchev–Trinajstić information content (AvgIpc) is 2.43. The van der Waals surface area contributed by atoms with Gasteiger partial charge in [-0.15, -0.1) is 0 Å². The molecule has 2 aromatic rings. The van der Waals surface area contributed by atoms with Crippen LogP contribution in [-0.2, 0) is 0 Å². The average molecular weight is 304 g/mol. The van der Waals surface area contributed by atoms with Crippen molar-refractivity contribution in [1.82, 2.24) is 4.98 Å². The summed E-state index contributed by atoms with van der Waals surface area (Å²) in [4.78, 5) is 16.7. The van der Waals surface area contributed by atoms with Crippen LogP contribution in [0.5, 0.6) is 0 Å². The molecule has 0 aliphatic heterocycles. The van der Waals surface area contributed by atoms with E-state index in [-0.39, 0.29) is 5.91 Å². The van der Waals surface area contributed by atoms with E-state index in [0.717, 1.165) is 23.5 Å². The minimum Gasteiger partial charge on any atom is -0.385 e. The molecule has 1 aromatic heterocycles. The zero-order chi connectivity index (χ0) is 15.4. The molecule has 0 aliphatic rings. The van der Waals surface area contributed by atoms with Gasteiger partial charge in [0.05, 0.1) is 22.0 Å². The molecule has 0 saturated carbocycles. The van der Waals surface area contributed by atoms with Crippen molar-refractivity contribution in [2.45, 2.75) is 20.8 Å². The van der Waals surface area contributed by atoms with Crippen molar-refractivity contribution in [3.05, 3.63) is 52.3 Å². The Morgan fingerprint density at radius 3 is 2.76 bits per heavy atom. The van der Waals surface area contributed by atoms with Crippen LogP contribution in [0.1, 0.15) is 28.5 Å². The summed E-state index contributed by atoms with van der Waals surface area (Å²) in [6, 6.07) is 7.37. The van der Waals surface area contributed by atoms with Gasteiger partial charge < -0.3 is 10.6 Å². The second-order valence-corrected chi connectivity index (χ2v) is 5.19. The van der Waals surface area contributed by atoms with Crippen LogP contribution in [0.2, 0.25) is 5.02 Å². The third-order valence-corrected chi connectivity index (χ3v) is 3.43. The third-order valence-electron chi connectivity index (χ3n) is 3.11. The number of hydrogen-bond acceptors (Lipinski definition) is 3. The van der Waals surface area contributed by atoms with E-state index in [1.54, 1.807) is 12.3 Å². The molecule has 0 unspecified atom stereocenters. The molecule has 21 heavy (non-hydrogen) atoms. The molecule has 0 saturated heterocycles. The summed E-state index contributed by atoms with van der Waals surface area (Å²) in [5.74, 6) is -0.227. The fourth-order valence-electron chi connectivity index (χ4n) is 2.05. The molecule has 2 rings (SSSR count). The Morgan fingerprint density at radius 2 is 2.10 bits per heavy atom. The summed E-state index contributed by atoms with van der Waals surface area (Å²) < 4.78 is 0. The fourth-order valence-corrected chi connectivity index (χ4v) is 2.32. The predicted molar refractivity (Wildman–Crippen MR) is 87.3 cm³/mol. The van der Waals surface area contributed by atoms with Crippen molar-refractivity contribution in [1.29, 1.82) is 0 Å². The number of pyridine rings is 1. The Hall–Kier alpha value is -2.07. The van der Waals surface area contributed by atoms with Crippen molar-refractivity contribution < 1.29 is 4.79 Å². The number of aryl methyl sites for hydroxylation is 2. The maximum Gasteiger partial charge on any atom is 0.259 e.